The lowest BCUT2D eigenvalue weighted by Crippen LogP contribution is -2.40. The number of carbonyl (C=O) groups is 3. The van der Waals surface area contributed by atoms with Crippen molar-refractivity contribution in [2.24, 2.45) is 0 Å². The van der Waals surface area contributed by atoms with Crippen molar-refractivity contribution in [2.75, 3.05) is 25.0 Å². The van der Waals surface area contributed by atoms with Crippen LogP contribution in [0.1, 0.15) is 49.6 Å². The largest absolute Gasteiger partial charge is 0.481 e. The molecule has 9 nitrogen and oxygen atoms in total. The summed E-state index contributed by atoms with van der Waals surface area (Å²) < 4.78 is 0. The van der Waals surface area contributed by atoms with Crippen molar-refractivity contribution in [3.8, 4) is 0 Å². The lowest BCUT2D eigenvalue weighted by atomic mass is 9.98. The molecule has 1 unspecified atom stereocenters. The Morgan fingerprint density at radius 3 is 2.79 bits per heavy atom. The van der Waals surface area contributed by atoms with Gasteiger partial charge >= 0.3 is 12.0 Å². The highest BCUT2D eigenvalue weighted by molar-refractivity contribution is 7.15. The smallest absolute Gasteiger partial charge is 0.315 e. The topological polar surface area (TPSA) is 132 Å². The van der Waals surface area contributed by atoms with Gasteiger partial charge in [-0.15, -0.1) is 11.3 Å². The third kappa shape index (κ3) is 7.81. The molecule has 0 saturated heterocycles. The highest BCUT2D eigenvalue weighted by atomic mass is 32.1. The molecule has 1 aromatic rings. The van der Waals surface area contributed by atoms with Crippen LogP contribution in [0.5, 0.6) is 0 Å². The summed E-state index contributed by atoms with van der Waals surface area (Å²) in [5.41, 5.74) is 1.06. The fourth-order valence-electron chi connectivity index (χ4n) is 2.94. The lowest BCUT2D eigenvalue weighted by Gasteiger charge is -2.21. The molecule has 10 heteroatoms. The molecule has 5 N–H and O–H groups in total. The number of rotatable bonds is 11. The normalized spacial score (nSPS) is 15.5. The van der Waals surface area contributed by atoms with Gasteiger partial charge in [0.15, 0.2) is 5.13 Å². The van der Waals surface area contributed by atoms with E-state index in [-0.39, 0.29) is 18.9 Å². The number of urea groups is 1. The number of aryl methyl sites for hydroxylation is 1. The average molecular weight is 412 g/mol. The average Bonchev–Trinajstić information content (AvgIpc) is 3.05. The number of fused-ring (bicyclic) bond motifs is 1. The zero-order valence-corrected chi connectivity index (χ0v) is 17.0. The Labute approximate surface area is 168 Å². The van der Waals surface area contributed by atoms with Gasteiger partial charge in [0.1, 0.15) is 0 Å². The molecule has 28 heavy (non-hydrogen) atoms. The van der Waals surface area contributed by atoms with Crippen LogP contribution < -0.4 is 21.3 Å². The Balaban J connectivity index is 1.66. The fraction of sp³-hybridized carbons (Fsp3) is 0.667. The van der Waals surface area contributed by atoms with Gasteiger partial charge in [-0.1, -0.05) is 6.92 Å². The summed E-state index contributed by atoms with van der Waals surface area (Å²) in [4.78, 5) is 39.8. The number of aliphatic carboxylic acids is 1. The number of thiazole rings is 1. The van der Waals surface area contributed by atoms with E-state index >= 15 is 0 Å². The van der Waals surface area contributed by atoms with Gasteiger partial charge in [0.05, 0.1) is 12.2 Å². The van der Waals surface area contributed by atoms with Crippen LogP contribution in [-0.4, -0.2) is 53.7 Å². The summed E-state index contributed by atoms with van der Waals surface area (Å²) in [6.45, 7) is 3.38. The van der Waals surface area contributed by atoms with Crippen molar-refractivity contribution in [1.29, 1.82) is 0 Å². The number of unbranched alkanes of at least 4 members (excludes halogenated alkanes) is 1. The first-order valence-electron chi connectivity index (χ1n) is 9.73. The maximum atomic E-state index is 12.0. The van der Waals surface area contributed by atoms with E-state index in [1.807, 2.05) is 0 Å². The third-order valence-electron chi connectivity index (χ3n) is 4.38. The Kier molecular flexibility index (Phi) is 9.15. The van der Waals surface area contributed by atoms with Crippen LogP contribution in [0.4, 0.5) is 9.93 Å². The van der Waals surface area contributed by atoms with Crippen LogP contribution in [0.3, 0.4) is 0 Å². The molecule has 1 atom stereocenters. The molecule has 1 aliphatic rings. The summed E-state index contributed by atoms with van der Waals surface area (Å²) in [7, 11) is 0. The van der Waals surface area contributed by atoms with Crippen molar-refractivity contribution in [2.45, 2.75) is 57.9 Å². The van der Waals surface area contributed by atoms with E-state index in [0.717, 1.165) is 37.9 Å². The monoisotopic (exact) mass is 411 g/mol. The highest BCUT2D eigenvalue weighted by Crippen LogP contribution is 2.29. The molecule has 1 heterocycles. The minimum absolute atomic E-state index is 0.0823. The molecule has 0 saturated carbocycles. The molecule has 0 fully saturated rings. The molecule has 2 rings (SSSR count). The van der Waals surface area contributed by atoms with Crippen LogP contribution in [0.15, 0.2) is 0 Å². The van der Waals surface area contributed by atoms with Crippen LogP contribution >= 0.6 is 11.3 Å². The molecular formula is C18H29N5O4S. The van der Waals surface area contributed by atoms with E-state index in [4.69, 9.17) is 5.11 Å². The van der Waals surface area contributed by atoms with Crippen molar-refractivity contribution < 1.29 is 19.5 Å². The minimum atomic E-state index is -0.849. The molecule has 0 bridgehead atoms. The summed E-state index contributed by atoms with van der Waals surface area (Å²) >= 11 is 1.50. The number of nitrogens with zero attached hydrogens (tertiary/aromatic N) is 1. The first-order chi connectivity index (χ1) is 13.5. The second-order valence-electron chi connectivity index (χ2n) is 6.79. The predicted octanol–water partition coefficient (Wildman–Crippen LogP) is 1.49. The van der Waals surface area contributed by atoms with Gasteiger partial charge in [0, 0.05) is 23.9 Å². The van der Waals surface area contributed by atoms with Gasteiger partial charge in [-0.05, 0) is 45.1 Å². The SMILES string of the molecule is CCCNC1CCc2nc(NC(=O)CNC(=O)NCCCCC(=O)O)sc2C1. The van der Waals surface area contributed by atoms with Gasteiger partial charge in [0.2, 0.25) is 5.91 Å². The van der Waals surface area contributed by atoms with E-state index in [2.05, 4.69) is 33.2 Å². The zero-order chi connectivity index (χ0) is 20.4. The molecular weight excluding hydrogens is 382 g/mol. The first-order valence-corrected chi connectivity index (χ1v) is 10.5. The number of amides is 3. The van der Waals surface area contributed by atoms with Gasteiger partial charge < -0.3 is 26.4 Å². The van der Waals surface area contributed by atoms with E-state index in [1.165, 1.54) is 16.2 Å². The molecule has 0 spiro atoms. The highest BCUT2D eigenvalue weighted by Gasteiger charge is 2.22. The number of hydrogen-bond donors (Lipinski definition) is 5. The molecule has 0 radical (unpaired) electrons. The Hall–Kier alpha value is -2.20. The van der Waals surface area contributed by atoms with Crippen molar-refractivity contribution >= 4 is 34.4 Å². The first kappa shape index (κ1) is 22.1. The fourth-order valence-corrected chi connectivity index (χ4v) is 4.04. The molecule has 0 aromatic carbocycles. The summed E-state index contributed by atoms with van der Waals surface area (Å²) in [6, 6.07) is 0.0195. The molecule has 1 aliphatic carbocycles. The number of hydrogen-bond acceptors (Lipinski definition) is 6. The van der Waals surface area contributed by atoms with Crippen LogP contribution in [0, 0.1) is 0 Å². The Morgan fingerprint density at radius 1 is 1.21 bits per heavy atom. The van der Waals surface area contributed by atoms with E-state index in [9.17, 15) is 14.4 Å². The second kappa shape index (κ2) is 11.6. The number of anilines is 1. The van der Waals surface area contributed by atoms with Gasteiger partial charge in [-0.2, -0.15) is 0 Å². The lowest BCUT2D eigenvalue weighted by molar-refractivity contribution is -0.137. The van der Waals surface area contributed by atoms with Gasteiger partial charge in [0.25, 0.3) is 0 Å². The number of nitrogens with one attached hydrogen (secondary N) is 4. The van der Waals surface area contributed by atoms with Gasteiger partial charge in [-0.3, -0.25) is 9.59 Å². The Morgan fingerprint density at radius 2 is 2.04 bits per heavy atom. The Bertz CT molecular complexity index is 679. The number of carboxylic acids is 1. The van der Waals surface area contributed by atoms with Gasteiger partial charge in [-0.25, -0.2) is 9.78 Å². The maximum Gasteiger partial charge on any atom is 0.315 e. The molecule has 1 aromatic heterocycles. The quantitative estimate of drug-likeness (QED) is 0.351. The minimum Gasteiger partial charge on any atom is -0.481 e. The van der Waals surface area contributed by atoms with E-state index in [1.54, 1.807) is 0 Å². The number of aromatic nitrogens is 1. The molecule has 0 aliphatic heterocycles. The standard InChI is InChI=1S/C18H29N5O4S/c1-2-8-19-12-6-7-13-14(10-12)28-18(22-13)23-15(24)11-21-17(27)20-9-4-3-5-16(25)26/h12,19H,2-11H2,1H3,(H,25,26)(H2,20,21,27)(H,22,23,24). The summed E-state index contributed by atoms with van der Waals surface area (Å²) in [6.07, 6.45) is 5.16. The number of carbonyl (C=O) groups excluding carboxylic acids is 2. The number of carboxylic acid groups (broad SMARTS) is 1. The van der Waals surface area contributed by atoms with Crippen LogP contribution in [0.25, 0.3) is 0 Å². The van der Waals surface area contributed by atoms with Crippen molar-refractivity contribution in [1.82, 2.24) is 20.9 Å². The molecule has 3 amide bonds. The second-order valence-corrected chi connectivity index (χ2v) is 7.87. The van der Waals surface area contributed by atoms with E-state index < -0.39 is 12.0 Å². The van der Waals surface area contributed by atoms with Crippen molar-refractivity contribution in [3.63, 3.8) is 0 Å². The zero-order valence-electron chi connectivity index (χ0n) is 16.2. The predicted molar refractivity (Wildman–Crippen MR) is 108 cm³/mol. The van der Waals surface area contributed by atoms with Crippen LogP contribution in [0.2, 0.25) is 0 Å². The van der Waals surface area contributed by atoms with Crippen molar-refractivity contribution in [3.05, 3.63) is 10.6 Å². The van der Waals surface area contributed by atoms with Crippen LogP contribution in [-0.2, 0) is 22.4 Å². The maximum absolute atomic E-state index is 12.0. The summed E-state index contributed by atoms with van der Waals surface area (Å²) in [5.74, 6) is -1.18. The third-order valence-corrected chi connectivity index (χ3v) is 5.42. The molecule has 156 valence electrons. The summed E-state index contributed by atoms with van der Waals surface area (Å²) in [5, 5.41) is 20.5. The van der Waals surface area contributed by atoms with E-state index in [0.29, 0.717) is 30.6 Å².